The fraction of sp³-hybridized carbons (Fsp3) is 0.357. The lowest BCUT2D eigenvalue weighted by atomic mass is 10.1. The number of carbonyl (C=O) groups is 1. The van der Waals surface area contributed by atoms with Crippen LogP contribution in [-0.4, -0.2) is 20.1 Å². The van der Waals surface area contributed by atoms with E-state index in [9.17, 15) is 9.59 Å². The van der Waals surface area contributed by atoms with Crippen LogP contribution in [-0.2, 0) is 14.1 Å². The Hall–Kier alpha value is -1.88. The molecule has 0 spiro atoms. The van der Waals surface area contributed by atoms with Crippen LogP contribution in [0.5, 0.6) is 0 Å². The number of aromatic nitrogens is 3. The van der Waals surface area contributed by atoms with Crippen LogP contribution in [0.25, 0.3) is 11.4 Å². The van der Waals surface area contributed by atoms with Crippen LogP contribution >= 0.6 is 11.6 Å². The van der Waals surface area contributed by atoms with Crippen LogP contribution in [0.3, 0.4) is 0 Å². The summed E-state index contributed by atoms with van der Waals surface area (Å²) in [5.41, 5.74) is 2.88. The highest BCUT2D eigenvalue weighted by molar-refractivity contribution is 6.36. The maximum atomic E-state index is 12.1. The zero-order chi connectivity index (χ0) is 15.2. The molecule has 106 valence electrons. The van der Waals surface area contributed by atoms with Crippen LogP contribution in [0.15, 0.2) is 10.9 Å². The third-order valence-electron chi connectivity index (χ3n) is 3.33. The van der Waals surface area contributed by atoms with Gasteiger partial charge in [-0.25, -0.2) is 0 Å². The summed E-state index contributed by atoms with van der Waals surface area (Å²) in [6, 6.07) is 1.80. The van der Waals surface area contributed by atoms with E-state index in [1.54, 1.807) is 27.1 Å². The number of ketones is 1. The molecule has 5 nitrogen and oxygen atoms in total. The summed E-state index contributed by atoms with van der Waals surface area (Å²) in [5, 5.41) is 4.58. The summed E-state index contributed by atoms with van der Waals surface area (Å²) < 4.78 is 2.96. The fourth-order valence-corrected chi connectivity index (χ4v) is 2.85. The number of halogens is 1. The molecule has 2 aromatic rings. The van der Waals surface area contributed by atoms with Crippen LogP contribution in [0.2, 0.25) is 5.02 Å². The Bertz CT molecular complexity index is 772. The Balaban J connectivity index is 2.83. The minimum Gasteiger partial charge on any atom is -0.309 e. The number of hydrogen-bond acceptors (Lipinski definition) is 3. The van der Waals surface area contributed by atoms with Crippen molar-refractivity contribution in [3.63, 3.8) is 0 Å². The molecule has 0 N–H and O–H groups in total. The molecule has 0 saturated carbocycles. The molecule has 0 bridgehead atoms. The molecule has 6 heteroatoms. The summed E-state index contributed by atoms with van der Waals surface area (Å²) in [7, 11) is 3.34. The molecule has 0 aliphatic heterocycles. The predicted molar refractivity (Wildman–Crippen MR) is 78.4 cm³/mol. The maximum absolute atomic E-state index is 12.1. The largest absolute Gasteiger partial charge is 0.309 e. The SMILES string of the molecule is CC(=O)c1c(Cl)c(-c2c(C)cc(C)c(=O)n2C)nn1C. The van der Waals surface area contributed by atoms with Crippen LogP contribution in [0.1, 0.15) is 28.5 Å². The molecule has 0 amide bonds. The van der Waals surface area contributed by atoms with Crippen molar-refractivity contribution in [1.82, 2.24) is 14.3 Å². The van der Waals surface area contributed by atoms with Gasteiger partial charge in [-0.2, -0.15) is 5.10 Å². The van der Waals surface area contributed by atoms with E-state index in [4.69, 9.17) is 11.6 Å². The Morgan fingerprint density at radius 3 is 2.35 bits per heavy atom. The number of carbonyl (C=O) groups excluding carboxylic acids is 1. The van der Waals surface area contributed by atoms with E-state index in [0.29, 0.717) is 22.6 Å². The highest BCUT2D eigenvalue weighted by Crippen LogP contribution is 2.31. The van der Waals surface area contributed by atoms with Crippen molar-refractivity contribution in [3.8, 4) is 11.4 Å². The van der Waals surface area contributed by atoms with Crippen LogP contribution < -0.4 is 5.56 Å². The summed E-state index contributed by atoms with van der Waals surface area (Å²) in [6.07, 6.45) is 0. The summed E-state index contributed by atoms with van der Waals surface area (Å²) in [6.45, 7) is 5.09. The third kappa shape index (κ3) is 2.08. The second-order valence-electron chi connectivity index (χ2n) is 4.91. The molecule has 2 aromatic heterocycles. The standard InChI is InChI=1S/C14H16ClN3O2/c1-7-6-8(2)14(20)17(4)12(7)11-10(15)13(9(3)19)18(5)16-11/h6H,1-5H3. The van der Waals surface area contributed by atoms with E-state index in [1.165, 1.54) is 16.2 Å². The predicted octanol–water partition coefficient (Wildman–Crippen LogP) is 2.26. The molecule has 0 fully saturated rings. The van der Waals surface area contributed by atoms with Gasteiger partial charge in [0, 0.05) is 26.6 Å². The number of hydrogen-bond donors (Lipinski definition) is 0. The molecule has 0 aliphatic carbocycles. The summed E-state index contributed by atoms with van der Waals surface area (Å²) in [4.78, 5) is 23.7. The smallest absolute Gasteiger partial charge is 0.253 e. The van der Waals surface area contributed by atoms with Crippen molar-refractivity contribution in [1.29, 1.82) is 0 Å². The lowest BCUT2D eigenvalue weighted by Crippen LogP contribution is -2.21. The first kappa shape index (κ1) is 14.5. The van der Waals surface area contributed by atoms with Crippen molar-refractivity contribution in [2.24, 2.45) is 14.1 Å². The van der Waals surface area contributed by atoms with E-state index in [0.717, 1.165) is 5.56 Å². The second-order valence-corrected chi connectivity index (χ2v) is 5.29. The number of nitrogens with zero attached hydrogens (tertiary/aromatic N) is 3. The van der Waals surface area contributed by atoms with Gasteiger partial charge in [0.15, 0.2) is 5.78 Å². The van der Waals surface area contributed by atoms with E-state index in [2.05, 4.69) is 5.10 Å². The van der Waals surface area contributed by atoms with Gasteiger partial charge in [0.05, 0.1) is 10.7 Å². The molecule has 0 atom stereocenters. The van der Waals surface area contributed by atoms with E-state index in [1.807, 2.05) is 6.92 Å². The molecular weight excluding hydrogens is 278 g/mol. The van der Waals surface area contributed by atoms with E-state index < -0.39 is 0 Å². The van der Waals surface area contributed by atoms with Gasteiger partial charge in [-0.15, -0.1) is 0 Å². The molecule has 2 heterocycles. The zero-order valence-electron chi connectivity index (χ0n) is 12.1. The molecular formula is C14H16ClN3O2. The summed E-state index contributed by atoms with van der Waals surface area (Å²) >= 11 is 6.28. The van der Waals surface area contributed by atoms with Gasteiger partial charge in [-0.1, -0.05) is 11.6 Å². The second kappa shape index (κ2) is 4.90. The van der Waals surface area contributed by atoms with Gasteiger partial charge >= 0.3 is 0 Å². The maximum Gasteiger partial charge on any atom is 0.253 e. The average molecular weight is 294 g/mol. The molecule has 0 aromatic carbocycles. The first-order valence-corrected chi connectivity index (χ1v) is 6.54. The van der Waals surface area contributed by atoms with Crippen molar-refractivity contribution >= 4 is 17.4 Å². The Kier molecular flexibility index (Phi) is 3.56. The fourth-order valence-electron chi connectivity index (χ4n) is 2.46. The number of pyridine rings is 1. The quantitative estimate of drug-likeness (QED) is 0.798. The van der Waals surface area contributed by atoms with Crippen molar-refractivity contribution in [2.45, 2.75) is 20.8 Å². The van der Waals surface area contributed by atoms with Gasteiger partial charge < -0.3 is 4.57 Å². The van der Waals surface area contributed by atoms with Gasteiger partial charge in [-0.3, -0.25) is 14.3 Å². The van der Waals surface area contributed by atoms with Crippen LogP contribution in [0, 0.1) is 13.8 Å². The molecule has 0 aliphatic rings. The zero-order valence-corrected chi connectivity index (χ0v) is 12.9. The normalized spacial score (nSPS) is 10.9. The Morgan fingerprint density at radius 2 is 1.85 bits per heavy atom. The van der Waals surface area contributed by atoms with Crippen molar-refractivity contribution in [2.75, 3.05) is 0 Å². The third-order valence-corrected chi connectivity index (χ3v) is 3.69. The highest BCUT2D eigenvalue weighted by atomic mass is 35.5. The molecule has 0 unspecified atom stereocenters. The van der Waals surface area contributed by atoms with Crippen molar-refractivity contribution in [3.05, 3.63) is 38.3 Å². The van der Waals surface area contributed by atoms with E-state index in [-0.39, 0.29) is 16.4 Å². The van der Waals surface area contributed by atoms with Gasteiger partial charge in [0.1, 0.15) is 11.4 Å². The van der Waals surface area contributed by atoms with Gasteiger partial charge in [-0.05, 0) is 25.5 Å². The highest BCUT2D eigenvalue weighted by Gasteiger charge is 2.22. The Morgan fingerprint density at radius 1 is 1.25 bits per heavy atom. The topological polar surface area (TPSA) is 56.9 Å². The minimum atomic E-state index is -0.161. The Labute approximate surface area is 121 Å². The number of aryl methyl sites for hydroxylation is 3. The lowest BCUT2D eigenvalue weighted by Gasteiger charge is -2.11. The average Bonchev–Trinajstić information content (AvgIpc) is 2.62. The molecule has 20 heavy (non-hydrogen) atoms. The number of Topliss-reactive ketones (excluding diaryl/α,β-unsaturated/α-hetero) is 1. The van der Waals surface area contributed by atoms with E-state index >= 15 is 0 Å². The lowest BCUT2D eigenvalue weighted by molar-refractivity contribution is 0.100. The molecule has 2 rings (SSSR count). The first-order valence-electron chi connectivity index (χ1n) is 6.16. The van der Waals surface area contributed by atoms with Crippen molar-refractivity contribution < 1.29 is 4.79 Å². The van der Waals surface area contributed by atoms with Gasteiger partial charge in [0.25, 0.3) is 5.56 Å². The first-order chi connectivity index (χ1) is 9.25. The number of rotatable bonds is 2. The monoisotopic (exact) mass is 293 g/mol. The van der Waals surface area contributed by atoms with Crippen LogP contribution in [0.4, 0.5) is 0 Å². The molecule has 0 saturated heterocycles. The minimum absolute atomic E-state index is 0.100. The summed E-state index contributed by atoms with van der Waals surface area (Å²) in [5.74, 6) is -0.161. The van der Waals surface area contributed by atoms with Gasteiger partial charge in [0.2, 0.25) is 0 Å². The molecule has 0 radical (unpaired) electrons.